The van der Waals surface area contributed by atoms with E-state index < -0.39 is 249 Å². The van der Waals surface area contributed by atoms with Crippen LogP contribution in [0.5, 0.6) is 5.75 Å². The molecule has 0 aliphatic rings. The molecule has 1 aromatic rings. The van der Waals surface area contributed by atoms with E-state index >= 15 is 0 Å². The molecule has 10 atom stereocenters. The summed E-state index contributed by atoms with van der Waals surface area (Å²) >= 11 is 2.92. The number of rotatable bonds is 70. The Morgan fingerprint density at radius 3 is 0.761 bits per heavy atom. The van der Waals surface area contributed by atoms with Gasteiger partial charge in [0.05, 0.1) is 44.6 Å². The molecular formula is C76H135BrN38O19. The van der Waals surface area contributed by atoms with Gasteiger partial charge in [0, 0.05) is 52.1 Å². The molecule has 0 radical (unpaired) electrons. The number of primary amides is 2. The predicted molar refractivity (Wildman–Crippen MR) is 491 cm³/mol. The number of guanidine groups is 6. The molecular weight excluding hydrogens is 1830 g/mol. The lowest BCUT2D eigenvalue weighted by molar-refractivity contribution is -0.136. The number of benzene rings is 1. The SMILES string of the molecule is N=C(N)NCCC[C@H](NC(=O)[C@H](CCCNC(=N)N)NC(=O)[C@H](CCCNC(=N)N)NC(=O)[C@H](CCC(N)=O)NC(=O)[C@H](CCCNC(=N)N)NC(=O)[C@H](CCCNC(=N)N)NC(=O)[C@H](CCCCN)NC(=O)[C@H](CCCCN)NC(=O)[C@H](CCCNC(=N)N)NC(=O)CNC(=O)[C@H](Cc1ccc(O)cc1)NC(=O)CNC(=O)CNC(=O)CNC(=O)CNC(=O)CNC(=O)CBr)C(N)=O. The van der Waals surface area contributed by atoms with Crippen LogP contribution < -0.4 is 174 Å². The van der Waals surface area contributed by atoms with Gasteiger partial charge in [0.2, 0.25) is 106 Å². The van der Waals surface area contributed by atoms with Gasteiger partial charge in [0.15, 0.2) is 35.8 Å². The van der Waals surface area contributed by atoms with E-state index in [4.69, 9.17) is 89.8 Å². The number of carbonyl (C=O) groups is 18. The van der Waals surface area contributed by atoms with Crippen LogP contribution in [0.3, 0.4) is 0 Å². The van der Waals surface area contributed by atoms with Crippen LogP contribution in [-0.2, 0) is 92.7 Å². The number of nitrogens with two attached hydrogens (primary N) is 10. The zero-order valence-corrected chi connectivity index (χ0v) is 76.1. The Balaban J connectivity index is 3.81. The monoisotopic (exact) mass is 1960 g/mol. The van der Waals surface area contributed by atoms with Crippen molar-refractivity contribution in [3.63, 3.8) is 0 Å². The van der Waals surface area contributed by atoms with E-state index in [0.29, 0.717) is 12.0 Å². The van der Waals surface area contributed by atoms with Crippen LogP contribution in [0.2, 0.25) is 0 Å². The highest BCUT2D eigenvalue weighted by atomic mass is 79.9. The summed E-state index contributed by atoms with van der Waals surface area (Å²) in [7, 11) is 0. The van der Waals surface area contributed by atoms with Crippen molar-refractivity contribution in [2.75, 3.05) is 97.0 Å². The van der Waals surface area contributed by atoms with E-state index in [1.165, 1.54) is 24.3 Å². The van der Waals surface area contributed by atoms with Gasteiger partial charge in [-0.3, -0.25) is 119 Å². The minimum atomic E-state index is -1.77. The summed E-state index contributed by atoms with van der Waals surface area (Å²) in [6, 6.07) is -10.1. The van der Waals surface area contributed by atoms with Crippen LogP contribution in [0.1, 0.15) is 134 Å². The number of carbonyl (C=O) groups excluding carboxylic acids is 18. The minimum absolute atomic E-state index is 0.00585. The molecule has 0 aliphatic carbocycles. The van der Waals surface area contributed by atoms with Crippen LogP contribution in [0, 0.1) is 32.5 Å². The van der Waals surface area contributed by atoms with E-state index in [1.54, 1.807) is 0 Å². The molecule has 0 fully saturated rings. The lowest BCUT2D eigenvalue weighted by Crippen LogP contribution is -2.60. The molecule has 0 unspecified atom stereocenters. The van der Waals surface area contributed by atoms with Gasteiger partial charge in [0.25, 0.3) is 0 Å². The Morgan fingerprint density at radius 1 is 0.269 bits per heavy atom. The fraction of sp³-hybridized carbons (Fsp3) is 0.605. The van der Waals surface area contributed by atoms with Gasteiger partial charge >= 0.3 is 0 Å². The van der Waals surface area contributed by atoms with Crippen LogP contribution in [0.25, 0.3) is 0 Å². The summed E-state index contributed by atoms with van der Waals surface area (Å²) in [5.74, 6) is -19.5. The van der Waals surface area contributed by atoms with Gasteiger partial charge in [-0.05, 0) is 153 Å². The zero-order chi connectivity index (χ0) is 101. The van der Waals surface area contributed by atoms with Crippen molar-refractivity contribution in [1.82, 2.24) is 117 Å². The van der Waals surface area contributed by atoms with E-state index in [-0.39, 0.29) is 185 Å². The van der Waals surface area contributed by atoms with Crippen molar-refractivity contribution in [3.05, 3.63) is 29.8 Å². The van der Waals surface area contributed by atoms with Gasteiger partial charge in [0.1, 0.15) is 66.2 Å². The Morgan fingerprint density at radius 2 is 0.500 bits per heavy atom. The molecule has 58 heteroatoms. The maximum atomic E-state index is 15.0. The Labute approximate surface area is 780 Å². The van der Waals surface area contributed by atoms with Gasteiger partial charge in [-0.1, -0.05) is 28.1 Å². The molecule has 18 amide bonds. The molecule has 0 saturated heterocycles. The third-order valence-electron chi connectivity index (χ3n) is 19.0. The summed E-state index contributed by atoms with van der Waals surface area (Å²) in [4.78, 5) is 244. The number of nitrogens with one attached hydrogen (secondary N) is 28. The summed E-state index contributed by atoms with van der Waals surface area (Å²) < 4.78 is 0. The molecule has 57 nitrogen and oxygen atoms in total. The van der Waals surface area contributed by atoms with Crippen molar-refractivity contribution >= 4 is 158 Å². The summed E-state index contributed by atoms with van der Waals surface area (Å²) in [6.45, 7) is -3.80. The lowest BCUT2D eigenvalue weighted by atomic mass is 10.0. The highest BCUT2D eigenvalue weighted by Gasteiger charge is 2.37. The molecule has 1 rings (SSSR count). The third kappa shape index (κ3) is 56.2. The second-order valence-electron chi connectivity index (χ2n) is 30.2. The molecule has 0 bridgehead atoms. The summed E-state index contributed by atoms with van der Waals surface area (Å²) in [6.07, 6.45) is -1.90. The van der Waals surface area contributed by atoms with Crippen LogP contribution in [0.4, 0.5) is 0 Å². The van der Waals surface area contributed by atoms with Crippen molar-refractivity contribution in [1.29, 1.82) is 32.5 Å². The van der Waals surface area contributed by atoms with Gasteiger partial charge in [-0.2, -0.15) is 0 Å². The number of unbranched alkanes of at least 4 members (excludes halogenated alkanes) is 2. The highest BCUT2D eigenvalue weighted by Crippen LogP contribution is 2.15. The first kappa shape index (κ1) is 118. The third-order valence-corrected chi connectivity index (χ3v) is 19.5. The van der Waals surface area contributed by atoms with E-state index in [2.05, 4.69) is 133 Å². The Bertz CT molecular complexity index is 4120. The van der Waals surface area contributed by atoms with Crippen molar-refractivity contribution in [3.8, 4) is 5.75 Å². The topological polar surface area (TPSA) is 995 Å². The van der Waals surface area contributed by atoms with Gasteiger partial charge < -0.3 is 179 Å². The maximum Gasteiger partial charge on any atom is 0.243 e. The molecule has 1 aromatic carbocycles. The Kier molecular flexibility index (Phi) is 59.3. The number of aromatic hydroxyl groups is 1. The molecule has 0 aliphatic heterocycles. The Hall–Kier alpha value is -14.5. The van der Waals surface area contributed by atoms with Crippen molar-refractivity contribution in [2.24, 2.45) is 57.3 Å². The molecule has 0 aromatic heterocycles. The van der Waals surface area contributed by atoms with Gasteiger partial charge in [-0.15, -0.1) is 0 Å². The molecule has 0 heterocycles. The molecule has 134 heavy (non-hydrogen) atoms. The fourth-order valence-electron chi connectivity index (χ4n) is 12.1. The lowest BCUT2D eigenvalue weighted by Gasteiger charge is -2.28. The number of phenolic OH excluding ortho intramolecular Hbond substituents is 1. The van der Waals surface area contributed by atoms with Crippen LogP contribution in [-0.4, -0.2) is 305 Å². The van der Waals surface area contributed by atoms with Crippen molar-refractivity contribution < 1.29 is 91.4 Å². The molecule has 49 N–H and O–H groups in total. The molecule has 750 valence electrons. The minimum Gasteiger partial charge on any atom is -0.508 e. The number of amides is 18. The smallest absolute Gasteiger partial charge is 0.243 e. The standard InChI is InChI=1S/C76H135BrN38O19/c77-34-54(118)100-35-55(119)101-36-56(120)102-37-57(121)103-38-58(122)104-39-59(123)107-52(33-41-19-21-42(116)22-20-41)62(126)105-40-60(124)106-44(14-6-28-95-72(84)85)63(127)109-45(11-1-3-25-78)65(129)110-46(12-2-4-26-79)66(130)112-48(16-8-30-97-74(88)89)67(131)113-50(18-10-32-99-76(92)93)69(133)115-51(23-24-53(80)117)70(134)114-49(17-9-31-98-75(90)91)68(132)111-47(15-7-29-96-73(86)87)64(128)108-43(61(81)125)13-5-27-94-71(82)83/h19-22,43-52,116H,1-18,23-40,78-79H2,(H2,80,117)(H2,81,125)(H,100,118)(H,101,119)(H,102,120)(H,103,121)(H,104,122)(H,105,126)(H,106,124)(H,107,123)(H,108,128)(H,109,127)(H,110,129)(H,111,132)(H,112,130)(H,113,131)(H,114,134)(H,115,133)(H4,82,83,94)(H4,84,85,95)(H4,86,87,96)(H4,88,89,97)(H4,90,91,98)(H4,92,93,99)/t43-,44-,45-,46-,47-,48-,49-,50-,51-,52-/m0/s1. The number of hydrogen-bond donors (Lipinski definition) is 39. The second-order valence-corrected chi connectivity index (χ2v) is 30.8. The number of phenols is 1. The molecule has 0 spiro atoms. The van der Waals surface area contributed by atoms with E-state index in [1.807, 2.05) is 0 Å². The number of hydrogen-bond acceptors (Lipinski definition) is 27. The fourth-order valence-corrected chi connectivity index (χ4v) is 12.3. The largest absolute Gasteiger partial charge is 0.508 e. The molecule has 0 saturated carbocycles. The van der Waals surface area contributed by atoms with Crippen LogP contribution in [0.15, 0.2) is 24.3 Å². The summed E-state index contributed by atoms with van der Waals surface area (Å²) in [5.41, 5.74) is 56.3. The van der Waals surface area contributed by atoms with Crippen LogP contribution >= 0.6 is 15.9 Å². The number of halogens is 1. The average Bonchev–Trinajstić information content (AvgIpc) is 0.864. The average molecular weight is 1970 g/mol. The predicted octanol–water partition coefficient (Wildman–Crippen LogP) is -14.5. The quantitative estimate of drug-likeness (QED) is 0.0125. The first-order chi connectivity index (χ1) is 63.5. The normalized spacial score (nSPS) is 12.9. The van der Waals surface area contributed by atoms with E-state index in [9.17, 15) is 91.4 Å². The first-order valence-electron chi connectivity index (χ1n) is 42.9. The zero-order valence-electron chi connectivity index (χ0n) is 74.5. The first-order valence-corrected chi connectivity index (χ1v) is 44.0. The maximum absolute atomic E-state index is 15.0. The van der Waals surface area contributed by atoms with E-state index in [0.717, 1.165) is 0 Å². The number of alkyl halides is 1. The van der Waals surface area contributed by atoms with Gasteiger partial charge in [-0.25, -0.2) is 0 Å². The summed E-state index contributed by atoms with van der Waals surface area (Å²) in [5, 5.41) is 110. The second kappa shape index (κ2) is 67.7. The van der Waals surface area contributed by atoms with Crippen molar-refractivity contribution in [2.45, 2.75) is 195 Å². The highest BCUT2D eigenvalue weighted by molar-refractivity contribution is 9.09.